The number of nitrogens with one attached hydrogen (secondary N) is 1. The van der Waals surface area contributed by atoms with Crippen molar-refractivity contribution < 1.29 is 14.3 Å². The average molecular weight is 269 g/mol. The van der Waals surface area contributed by atoms with Gasteiger partial charge in [0.1, 0.15) is 6.04 Å². The summed E-state index contributed by atoms with van der Waals surface area (Å²) in [6, 6.07) is -0.377. The molecule has 0 aliphatic carbocycles. The summed E-state index contributed by atoms with van der Waals surface area (Å²) >= 11 is 0. The van der Waals surface area contributed by atoms with Crippen LogP contribution in [0.1, 0.15) is 19.3 Å². The van der Waals surface area contributed by atoms with E-state index in [4.69, 9.17) is 4.74 Å². The second-order valence-corrected chi connectivity index (χ2v) is 5.38. The summed E-state index contributed by atoms with van der Waals surface area (Å²) in [5.41, 5.74) is 0. The van der Waals surface area contributed by atoms with Crippen LogP contribution in [0.5, 0.6) is 0 Å². The highest BCUT2D eigenvalue weighted by molar-refractivity contribution is 5.88. The summed E-state index contributed by atoms with van der Waals surface area (Å²) in [5.74, 6) is 0.0153. The number of rotatable bonds is 3. The first-order chi connectivity index (χ1) is 9.09. The van der Waals surface area contributed by atoms with Crippen molar-refractivity contribution in [2.75, 3.05) is 40.3 Å². The Bertz CT molecular complexity index is 340. The summed E-state index contributed by atoms with van der Waals surface area (Å²) < 4.78 is 5.50. The maximum Gasteiger partial charge on any atom is 0.246 e. The SMILES string of the molecule is CN(C)C(=O)C1CNCCN1C(=O)CC1CCCO1. The van der Waals surface area contributed by atoms with Crippen LogP contribution in [0.15, 0.2) is 0 Å². The number of hydrogen-bond acceptors (Lipinski definition) is 4. The van der Waals surface area contributed by atoms with E-state index in [1.807, 2.05) is 0 Å². The van der Waals surface area contributed by atoms with Gasteiger partial charge < -0.3 is 19.9 Å². The van der Waals surface area contributed by atoms with E-state index in [2.05, 4.69) is 5.32 Å². The second-order valence-electron chi connectivity index (χ2n) is 5.38. The summed E-state index contributed by atoms with van der Waals surface area (Å²) in [5, 5.41) is 3.18. The molecule has 0 aromatic rings. The molecule has 2 aliphatic rings. The molecule has 0 aromatic carbocycles. The molecule has 2 unspecified atom stereocenters. The van der Waals surface area contributed by atoms with Gasteiger partial charge >= 0.3 is 0 Å². The van der Waals surface area contributed by atoms with Gasteiger partial charge in [-0.1, -0.05) is 0 Å². The Morgan fingerprint density at radius 1 is 1.42 bits per heavy atom. The first kappa shape index (κ1) is 14.3. The quantitative estimate of drug-likeness (QED) is 0.746. The van der Waals surface area contributed by atoms with Gasteiger partial charge in [-0.3, -0.25) is 9.59 Å². The molecule has 6 nitrogen and oxygen atoms in total. The Balaban J connectivity index is 1.97. The largest absolute Gasteiger partial charge is 0.378 e. The molecule has 19 heavy (non-hydrogen) atoms. The number of carbonyl (C=O) groups excluding carboxylic acids is 2. The van der Waals surface area contributed by atoms with Crippen molar-refractivity contribution in [3.8, 4) is 0 Å². The summed E-state index contributed by atoms with van der Waals surface area (Å²) in [7, 11) is 3.44. The zero-order chi connectivity index (χ0) is 13.8. The molecule has 2 aliphatic heterocycles. The lowest BCUT2D eigenvalue weighted by atomic mass is 10.1. The minimum Gasteiger partial charge on any atom is -0.378 e. The molecule has 1 N–H and O–H groups in total. The molecule has 0 saturated carbocycles. The highest BCUT2D eigenvalue weighted by atomic mass is 16.5. The number of likely N-dealkylation sites (N-methyl/N-ethyl adjacent to an activating group) is 1. The average Bonchev–Trinajstić information content (AvgIpc) is 2.90. The Kier molecular flexibility index (Phi) is 4.76. The maximum atomic E-state index is 12.3. The summed E-state index contributed by atoms with van der Waals surface area (Å²) in [6.07, 6.45) is 2.42. The van der Waals surface area contributed by atoms with Crippen molar-refractivity contribution in [1.29, 1.82) is 0 Å². The number of ether oxygens (including phenoxy) is 1. The number of carbonyl (C=O) groups is 2. The van der Waals surface area contributed by atoms with Gasteiger partial charge in [0.15, 0.2) is 0 Å². The van der Waals surface area contributed by atoms with E-state index < -0.39 is 0 Å². The molecular formula is C13H23N3O3. The van der Waals surface area contributed by atoms with Crippen LogP contribution in [0.2, 0.25) is 0 Å². The van der Waals surface area contributed by atoms with Crippen LogP contribution in [-0.4, -0.2) is 74.1 Å². The Hall–Kier alpha value is -1.14. The first-order valence-electron chi connectivity index (χ1n) is 6.92. The minimum atomic E-state index is -0.377. The molecule has 0 radical (unpaired) electrons. The fourth-order valence-electron chi connectivity index (χ4n) is 2.64. The van der Waals surface area contributed by atoms with Crippen LogP contribution in [0.25, 0.3) is 0 Å². The van der Waals surface area contributed by atoms with E-state index >= 15 is 0 Å². The third-order valence-electron chi connectivity index (χ3n) is 3.72. The van der Waals surface area contributed by atoms with Crippen molar-refractivity contribution in [1.82, 2.24) is 15.1 Å². The Labute approximate surface area is 114 Å². The smallest absolute Gasteiger partial charge is 0.246 e. The second kappa shape index (κ2) is 6.34. The lowest BCUT2D eigenvalue weighted by molar-refractivity contribution is -0.146. The first-order valence-corrected chi connectivity index (χ1v) is 6.92. The van der Waals surface area contributed by atoms with Crippen molar-refractivity contribution in [3.05, 3.63) is 0 Å². The van der Waals surface area contributed by atoms with E-state index in [0.29, 0.717) is 19.5 Å². The fourth-order valence-corrected chi connectivity index (χ4v) is 2.64. The van der Waals surface area contributed by atoms with Gasteiger partial charge in [-0.25, -0.2) is 0 Å². The van der Waals surface area contributed by atoms with E-state index in [0.717, 1.165) is 26.0 Å². The molecule has 0 spiro atoms. The highest BCUT2D eigenvalue weighted by Crippen LogP contribution is 2.18. The number of amides is 2. The standard InChI is InChI=1S/C13H23N3O3/c1-15(2)13(18)11-9-14-5-6-16(11)12(17)8-10-4-3-7-19-10/h10-11,14H,3-9H2,1-2H3. The van der Waals surface area contributed by atoms with Gasteiger partial charge in [0.05, 0.1) is 12.5 Å². The lowest BCUT2D eigenvalue weighted by Gasteiger charge is -2.36. The van der Waals surface area contributed by atoms with Gasteiger partial charge in [-0.15, -0.1) is 0 Å². The van der Waals surface area contributed by atoms with Crippen LogP contribution in [0.4, 0.5) is 0 Å². The van der Waals surface area contributed by atoms with Crippen LogP contribution in [-0.2, 0) is 14.3 Å². The van der Waals surface area contributed by atoms with Crippen molar-refractivity contribution in [3.63, 3.8) is 0 Å². The lowest BCUT2D eigenvalue weighted by Crippen LogP contribution is -2.59. The van der Waals surface area contributed by atoms with Gasteiger partial charge in [0.2, 0.25) is 11.8 Å². The molecule has 108 valence electrons. The molecule has 2 amide bonds. The van der Waals surface area contributed by atoms with Crippen LogP contribution >= 0.6 is 0 Å². The van der Waals surface area contributed by atoms with Crippen LogP contribution in [0.3, 0.4) is 0 Å². The predicted octanol–water partition coefficient (Wildman–Crippen LogP) is -0.556. The fraction of sp³-hybridized carbons (Fsp3) is 0.846. The molecule has 2 heterocycles. The van der Waals surface area contributed by atoms with Gasteiger partial charge in [-0.2, -0.15) is 0 Å². The zero-order valence-electron chi connectivity index (χ0n) is 11.7. The van der Waals surface area contributed by atoms with Crippen molar-refractivity contribution in [2.45, 2.75) is 31.4 Å². The highest BCUT2D eigenvalue weighted by Gasteiger charge is 2.34. The molecule has 6 heteroatoms. The third-order valence-corrected chi connectivity index (χ3v) is 3.72. The van der Waals surface area contributed by atoms with E-state index in [1.165, 1.54) is 0 Å². The van der Waals surface area contributed by atoms with Gasteiger partial charge in [-0.05, 0) is 12.8 Å². The zero-order valence-corrected chi connectivity index (χ0v) is 11.7. The van der Waals surface area contributed by atoms with E-state index in [9.17, 15) is 9.59 Å². The Morgan fingerprint density at radius 3 is 2.84 bits per heavy atom. The number of piperazine rings is 1. The number of nitrogens with zero attached hydrogens (tertiary/aromatic N) is 2. The minimum absolute atomic E-state index is 0.0205. The van der Waals surface area contributed by atoms with Crippen LogP contribution < -0.4 is 5.32 Å². The predicted molar refractivity (Wildman–Crippen MR) is 70.7 cm³/mol. The molecule has 2 fully saturated rings. The maximum absolute atomic E-state index is 12.3. The van der Waals surface area contributed by atoms with Crippen molar-refractivity contribution in [2.24, 2.45) is 0 Å². The molecular weight excluding hydrogens is 246 g/mol. The van der Waals surface area contributed by atoms with Gasteiger partial charge in [0, 0.05) is 40.3 Å². The topological polar surface area (TPSA) is 61.9 Å². The van der Waals surface area contributed by atoms with E-state index in [-0.39, 0.29) is 24.0 Å². The molecule has 0 bridgehead atoms. The van der Waals surface area contributed by atoms with Gasteiger partial charge in [0.25, 0.3) is 0 Å². The molecule has 2 atom stereocenters. The molecule has 2 saturated heterocycles. The monoisotopic (exact) mass is 269 g/mol. The normalized spacial score (nSPS) is 27.4. The molecule has 2 rings (SSSR count). The van der Waals surface area contributed by atoms with Crippen molar-refractivity contribution >= 4 is 11.8 Å². The number of hydrogen-bond donors (Lipinski definition) is 1. The third kappa shape index (κ3) is 3.45. The molecule has 0 aromatic heterocycles. The Morgan fingerprint density at radius 2 is 2.21 bits per heavy atom. The summed E-state index contributed by atoms with van der Waals surface area (Å²) in [6.45, 7) is 2.62. The van der Waals surface area contributed by atoms with Crippen LogP contribution in [0, 0.1) is 0 Å². The van der Waals surface area contributed by atoms with E-state index in [1.54, 1.807) is 23.9 Å². The summed E-state index contributed by atoms with van der Waals surface area (Å²) in [4.78, 5) is 27.7.